The summed E-state index contributed by atoms with van der Waals surface area (Å²) in [4.78, 5) is 107. The van der Waals surface area contributed by atoms with Gasteiger partial charge in [-0.05, 0) is 43.5 Å². The highest BCUT2D eigenvalue weighted by molar-refractivity contribution is 6.13. The lowest BCUT2D eigenvalue weighted by molar-refractivity contribution is -0.137. The number of carbonyl (C=O) groups excluding carboxylic acids is 7. The minimum atomic E-state index is -0.752. The van der Waals surface area contributed by atoms with E-state index in [-0.39, 0.29) is 128 Å². The number of nitrogens with zero attached hydrogens (tertiary/aromatic N) is 7. The molecule has 462 valence electrons. The van der Waals surface area contributed by atoms with Crippen molar-refractivity contribution in [3.05, 3.63) is 94.4 Å². The molecule has 1 aliphatic heterocycles. The van der Waals surface area contributed by atoms with Gasteiger partial charge in [0.25, 0.3) is 23.6 Å². The van der Waals surface area contributed by atoms with E-state index in [9.17, 15) is 33.6 Å². The van der Waals surface area contributed by atoms with Crippen LogP contribution in [0.4, 0.5) is 11.9 Å². The summed E-state index contributed by atoms with van der Waals surface area (Å²) in [5, 5.41) is 8.52. The highest BCUT2D eigenvalue weighted by atomic mass is 16.6. The number of hydrogen-bond donors (Lipinski definition) is 5. The van der Waals surface area contributed by atoms with Crippen molar-refractivity contribution < 1.29 is 80.3 Å². The molecule has 7 amide bonds. The number of nitrogens with two attached hydrogens (primary N) is 2. The second kappa shape index (κ2) is 32.4. The molecule has 4 aromatic heterocycles. The molecular formula is C57H72N12O17. The van der Waals surface area contributed by atoms with Gasteiger partial charge >= 0.3 is 0 Å². The number of fused-ring (bicyclic) bond motifs is 2. The number of carbonyl (C=O) groups is 7. The lowest BCUT2D eigenvalue weighted by Crippen LogP contribution is -2.33. The molecule has 86 heavy (non-hydrogen) atoms. The molecule has 5 heterocycles. The van der Waals surface area contributed by atoms with Gasteiger partial charge in [0.05, 0.1) is 122 Å². The van der Waals surface area contributed by atoms with E-state index in [0.717, 1.165) is 4.90 Å². The van der Waals surface area contributed by atoms with Crippen molar-refractivity contribution in [1.82, 2.24) is 39.3 Å². The molecule has 29 heteroatoms. The number of oxazole rings is 2. The van der Waals surface area contributed by atoms with Crippen molar-refractivity contribution in [2.75, 3.05) is 117 Å². The van der Waals surface area contributed by atoms with Crippen LogP contribution >= 0.6 is 0 Å². The van der Waals surface area contributed by atoms with Crippen LogP contribution in [0.25, 0.3) is 22.1 Å². The Hall–Kier alpha value is -8.87. The van der Waals surface area contributed by atoms with Gasteiger partial charge in [0.2, 0.25) is 41.1 Å². The molecule has 0 saturated heterocycles. The van der Waals surface area contributed by atoms with Crippen LogP contribution in [-0.4, -0.2) is 181 Å². The fourth-order valence-corrected chi connectivity index (χ4v) is 8.75. The topological polar surface area (TPSA) is 372 Å². The highest BCUT2D eigenvalue weighted by Crippen LogP contribution is 2.33. The second-order valence-corrected chi connectivity index (χ2v) is 19.0. The van der Waals surface area contributed by atoms with Crippen LogP contribution in [0.2, 0.25) is 0 Å². The lowest BCUT2D eigenvalue weighted by Gasteiger charge is -2.13. The van der Waals surface area contributed by atoms with E-state index in [4.69, 9.17) is 63.2 Å². The summed E-state index contributed by atoms with van der Waals surface area (Å²) in [5.74, 6) is -2.35. The Bertz CT molecular complexity index is 3400. The van der Waals surface area contributed by atoms with E-state index in [1.165, 1.54) is 43.5 Å². The number of aryl methyl sites for hydroxylation is 4. The number of nitrogens with one attached hydrogen (secondary N) is 3. The van der Waals surface area contributed by atoms with E-state index in [1.807, 2.05) is 13.8 Å². The first-order valence-corrected chi connectivity index (χ1v) is 27.9. The van der Waals surface area contributed by atoms with Crippen molar-refractivity contribution in [2.45, 2.75) is 66.5 Å². The molecule has 0 unspecified atom stereocenters. The summed E-state index contributed by atoms with van der Waals surface area (Å²) < 4.78 is 59.6. The Labute approximate surface area is 494 Å². The van der Waals surface area contributed by atoms with Crippen molar-refractivity contribution in [3.8, 4) is 11.5 Å². The minimum absolute atomic E-state index is 0.000612. The molecule has 29 nitrogen and oxygen atoms in total. The summed E-state index contributed by atoms with van der Waals surface area (Å²) in [6, 6.07) is 5.92. The number of methoxy groups -OCH3 is 1. The smallest absolute Gasteiger partial charge is 0.295 e. The van der Waals surface area contributed by atoms with E-state index >= 15 is 0 Å². The Morgan fingerprint density at radius 3 is 1.45 bits per heavy atom. The zero-order chi connectivity index (χ0) is 61.5. The number of anilines is 2. The maximum Gasteiger partial charge on any atom is 0.295 e. The number of rotatable bonds is 39. The van der Waals surface area contributed by atoms with Gasteiger partial charge in [-0.3, -0.25) is 49.1 Å². The molecule has 0 spiro atoms. The van der Waals surface area contributed by atoms with Gasteiger partial charge in [-0.15, -0.1) is 0 Å². The molecule has 0 saturated carbocycles. The number of ether oxygens (including phenoxy) is 8. The van der Waals surface area contributed by atoms with E-state index < -0.39 is 23.6 Å². The average molecular weight is 1200 g/mol. The third kappa shape index (κ3) is 17.8. The Morgan fingerprint density at radius 1 is 0.581 bits per heavy atom. The first-order chi connectivity index (χ1) is 41.6. The maximum atomic E-state index is 13.9. The SMILES string of the molecule is CCc1nc(C)oc1C(=O)Nc1nc2cc(C(N)=O)cc(OC)c2n1C/C=C/Cn1c(NC(=O)c2oc(C)nc2CC)nc2cc(C(N)=O)cc(OCCCNC(=O)CCOCCOCCOCCOCCOCCOCCN3C(=O)C=CC3=O)c21. The number of imide groups is 1. The van der Waals surface area contributed by atoms with Gasteiger partial charge in [0.1, 0.15) is 22.5 Å². The fraction of sp³-hybridized carbons (Fsp3) is 0.456. The summed E-state index contributed by atoms with van der Waals surface area (Å²) in [5.41, 5.74) is 13.9. The van der Waals surface area contributed by atoms with Gasteiger partial charge in [0.15, 0.2) is 11.8 Å². The fourth-order valence-electron chi connectivity index (χ4n) is 8.75. The number of benzene rings is 2. The monoisotopic (exact) mass is 1200 g/mol. The number of hydrogen-bond acceptors (Lipinski definition) is 21. The van der Waals surface area contributed by atoms with Crippen molar-refractivity contribution >= 4 is 75.3 Å². The number of primary amides is 2. The van der Waals surface area contributed by atoms with E-state index in [1.54, 1.807) is 35.1 Å². The predicted molar refractivity (Wildman–Crippen MR) is 308 cm³/mol. The van der Waals surface area contributed by atoms with Crippen LogP contribution < -0.4 is 36.9 Å². The van der Waals surface area contributed by atoms with Crippen molar-refractivity contribution in [3.63, 3.8) is 0 Å². The van der Waals surface area contributed by atoms with Crippen LogP contribution in [0, 0.1) is 13.8 Å². The molecule has 7 N–H and O–H groups in total. The van der Waals surface area contributed by atoms with Crippen LogP contribution in [0.3, 0.4) is 0 Å². The zero-order valence-electron chi connectivity index (χ0n) is 48.7. The van der Waals surface area contributed by atoms with Crippen LogP contribution in [0.1, 0.15) is 91.7 Å². The Balaban J connectivity index is 0.894. The van der Waals surface area contributed by atoms with Gasteiger partial charge < -0.3 is 72.6 Å². The second-order valence-electron chi connectivity index (χ2n) is 19.0. The largest absolute Gasteiger partial charge is 0.494 e. The van der Waals surface area contributed by atoms with Crippen LogP contribution in [-0.2, 0) is 68.7 Å². The molecular weight excluding hydrogens is 1120 g/mol. The summed E-state index contributed by atoms with van der Waals surface area (Å²) in [6.45, 7) is 11.5. The molecule has 1 aliphatic rings. The maximum absolute atomic E-state index is 13.9. The van der Waals surface area contributed by atoms with Gasteiger partial charge in [-0.25, -0.2) is 19.9 Å². The summed E-state index contributed by atoms with van der Waals surface area (Å²) in [6.07, 6.45) is 7.33. The third-order valence-electron chi connectivity index (χ3n) is 12.9. The number of imidazole rings is 2. The molecule has 0 bridgehead atoms. The number of allylic oxidation sites excluding steroid dienone is 2. The normalized spacial score (nSPS) is 12.4. The molecule has 7 rings (SSSR count). The summed E-state index contributed by atoms with van der Waals surface area (Å²) >= 11 is 0. The van der Waals surface area contributed by atoms with Gasteiger partial charge in [0, 0.05) is 63.2 Å². The molecule has 0 radical (unpaired) electrons. The van der Waals surface area contributed by atoms with E-state index in [0.29, 0.717) is 118 Å². The molecule has 0 fully saturated rings. The Morgan fingerprint density at radius 2 is 1.01 bits per heavy atom. The number of amides is 7. The highest BCUT2D eigenvalue weighted by Gasteiger charge is 2.26. The first kappa shape index (κ1) is 64.7. The predicted octanol–water partition coefficient (Wildman–Crippen LogP) is 3.37. The minimum Gasteiger partial charge on any atom is -0.494 e. The van der Waals surface area contributed by atoms with E-state index in [2.05, 4.69) is 30.9 Å². The van der Waals surface area contributed by atoms with Gasteiger partial charge in [-0.2, -0.15) is 0 Å². The Kier molecular flexibility index (Phi) is 24.4. The quantitative estimate of drug-likeness (QED) is 0.0210. The van der Waals surface area contributed by atoms with Crippen LogP contribution in [0.15, 0.2) is 57.4 Å². The van der Waals surface area contributed by atoms with Crippen molar-refractivity contribution in [1.29, 1.82) is 0 Å². The lowest BCUT2D eigenvalue weighted by atomic mass is 10.1. The standard InChI is InChI=1S/C57H72N12O17/c1-6-39-50(85-35(3)61-39)54(75)65-56-63-41-31-37(52(58)73)33-43(77-5)48(41)68(56)15-8-9-16-69-49-42(64-57(69)66-55(76)51-40(7-2)62-36(4)86-51)32-38(53(59)74)34-44(49)84-18-10-14-60-45(70)13-19-78-21-23-80-25-27-82-29-30-83-28-26-81-24-22-79-20-17-67-46(71)11-12-47(67)72/h8-9,11-12,31-34H,6-7,10,13-30H2,1-5H3,(H2,58,73)(H2,59,74)(H,60,70)(H,63,65,75)(H,64,66,76)/b9-8+. The molecule has 0 atom stereocenters. The molecule has 6 aromatic rings. The number of aromatic nitrogens is 6. The average Bonchev–Trinajstić information content (AvgIpc) is 1.78. The molecule has 2 aromatic carbocycles. The van der Waals surface area contributed by atoms with Gasteiger partial charge in [-0.1, -0.05) is 26.0 Å². The molecule has 0 aliphatic carbocycles. The zero-order valence-corrected chi connectivity index (χ0v) is 48.7. The van der Waals surface area contributed by atoms with Crippen LogP contribution in [0.5, 0.6) is 11.5 Å². The first-order valence-electron chi connectivity index (χ1n) is 27.9. The third-order valence-corrected chi connectivity index (χ3v) is 12.9. The van der Waals surface area contributed by atoms with Crippen molar-refractivity contribution in [2.24, 2.45) is 11.5 Å². The summed E-state index contributed by atoms with van der Waals surface area (Å²) in [7, 11) is 1.43.